The third kappa shape index (κ3) is 3.85. The van der Waals surface area contributed by atoms with E-state index in [9.17, 15) is 4.79 Å². The molecule has 108 valence electrons. The van der Waals surface area contributed by atoms with Gasteiger partial charge in [0, 0.05) is 17.7 Å². The first-order valence-corrected chi connectivity index (χ1v) is 7.35. The molecule has 0 heterocycles. The SMILES string of the molecule is Nc1cccc(CCC(=O)c2ccc(OC3CC3)cc2)c1. The summed E-state index contributed by atoms with van der Waals surface area (Å²) in [6.07, 6.45) is 3.87. The molecular formula is C18H19NO2. The molecule has 0 aliphatic heterocycles. The normalized spacial score (nSPS) is 13.9. The van der Waals surface area contributed by atoms with E-state index in [4.69, 9.17) is 10.5 Å². The Labute approximate surface area is 124 Å². The molecule has 2 aromatic carbocycles. The minimum atomic E-state index is 0.149. The van der Waals surface area contributed by atoms with Crippen LogP contribution in [-0.2, 0) is 6.42 Å². The standard InChI is InChI=1S/C18H19NO2/c19-15-3-1-2-13(12-15)4-11-18(20)14-5-7-16(8-6-14)21-17-9-10-17/h1-3,5-8,12,17H,4,9-11,19H2. The number of hydrogen-bond donors (Lipinski definition) is 1. The van der Waals surface area contributed by atoms with Crippen LogP contribution in [0, 0.1) is 0 Å². The van der Waals surface area contributed by atoms with Gasteiger partial charge in [-0.05, 0) is 61.2 Å². The summed E-state index contributed by atoms with van der Waals surface area (Å²) in [5.74, 6) is 1.00. The second kappa shape index (κ2) is 6.00. The number of carbonyl (C=O) groups is 1. The molecule has 0 atom stereocenters. The van der Waals surface area contributed by atoms with Crippen molar-refractivity contribution in [2.75, 3.05) is 5.73 Å². The van der Waals surface area contributed by atoms with Gasteiger partial charge in [-0.3, -0.25) is 4.79 Å². The zero-order chi connectivity index (χ0) is 14.7. The maximum Gasteiger partial charge on any atom is 0.163 e. The lowest BCUT2D eigenvalue weighted by Gasteiger charge is -2.06. The lowest BCUT2D eigenvalue weighted by atomic mass is 10.0. The molecule has 1 aliphatic carbocycles. The summed E-state index contributed by atoms with van der Waals surface area (Å²) in [6, 6.07) is 15.1. The quantitative estimate of drug-likeness (QED) is 0.650. The van der Waals surface area contributed by atoms with E-state index in [2.05, 4.69) is 0 Å². The molecule has 0 spiro atoms. The van der Waals surface area contributed by atoms with E-state index in [0.29, 0.717) is 18.9 Å². The zero-order valence-electron chi connectivity index (χ0n) is 11.9. The summed E-state index contributed by atoms with van der Waals surface area (Å²) in [5.41, 5.74) is 8.31. The van der Waals surface area contributed by atoms with Crippen LogP contribution in [0.5, 0.6) is 5.75 Å². The van der Waals surface area contributed by atoms with Crippen LogP contribution in [0.3, 0.4) is 0 Å². The molecule has 0 amide bonds. The van der Waals surface area contributed by atoms with Crippen LogP contribution in [-0.4, -0.2) is 11.9 Å². The van der Waals surface area contributed by atoms with Gasteiger partial charge in [0.05, 0.1) is 6.10 Å². The number of anilines is 1. The number of Topliss-reactive ketones (excluding diaryl/α,β-unsaturated/α-hetero) is 1. The molecule has 2 aromatic rings. The number of aryl methyl sites for hydroxylation is 1. The van der Waals surface area contributed by atoms with Crippen molar-refractivity contribution in [3.63, 3.8) is 0 Å². The lowest BCUT2D eigenvalue weighted by molar-refractivity contribution is 0.0983. The van der Waals surface area contributed by atoms with Gasteiger partial charge in [0.1, 0.15) is 5.75 Å². The van der Waals surface area contributed by atoms with Crippen molar-refractivity contribution >= 4 is 11.5 Å². The van der Waals surface area contributed by atoms with Crippen LogP contribution in [0.15, 0.2) is 48.5 Å². The first-order chi connectivity index (χ1) is 10.2. The van der Waals surface area contributed by atoms with Crippen molar-refractivity contribution in [3.05, 3.63) is 59.7 Å². The molecule has 0 aromatic heterocycles. The molecule has 1 aliphatic rings. The van der Waals surface area contributed by atoms with Gasteiger partial charge in [-0.2, -0.15) is 0 Å². The van der Waals surface area contributed by atoms with Crippen LogP contribution < -0.4 is 10.5 Å². The molecule has 0 bridgehead atoms. The number of nitrogens with two attached hydrogens (primary N) is 1. The van der Waals surface area contributed by atoms with Crippen molar-refractivity contribution in [3.8, 4) is 5.75 Å². The summed E-state index contributed by atoms with van der Waals surface area (Å²) in [7, 11) is 0. The Bertz CT molecular complexity index is 630. The summed E-state index contributed by atoms with van der Waals surface area (Å²) in [6.45, 7) is 0. The molecule has 0 saturated heterocycles. The van der Waals surface area contributed by atoms with Crippen LogP contribution >= 0.6 is 0 Å². The number of benzene rings is 2. The summed E-state index contributed by atoms with van der Waals surface area (Å²) < 4.78 is 5.68. The van der Waals surface area contributed by atoms with Gasteiger partial charge in [-0.1, -0.05) is 12.1 Å². The maximum absolute atomic E-state index is 12.2. The number of carbonyl (C=O) groups excluding carboxylic acids is 1. The van der Waals surface area contributed by atoms with Gasteiger partial charge < -0.3 is 10.5 Å². The number of hydrogen-bond acceptors (Lipinski definition) is 3. The van der Waals surface area contributed by atoms with Crippen LogP contribution in [0.2, 0.25) is 0 Å². The molecule has 2 N–H and O–H groups in total. The first kappa shape index (κ1) is 13.7. The number of ketones is 1. The number of rotatable bonds is 6. The van der Waals surface area contributed by atoms with E-state index in [1.54, 1.807) is 0 Å². The minimum Gasteiger partial charge on any atom is -0.490 e. The van der Waals surface area contributed by atoms with Crippen LogP contribution in [0.25, 0.3) is 0 Å². The fourth-order valence-corrected chi connectivity index (χ4v) is 2.25. The van der Waals surface area contributed by atoms with Crippen molar-refractivity contribution in [1.82, 2.24) is 0 Å². The Kier molecular flexibility index (Phi) is 3.91. The first-order valence-electron chi connectivity index (χ1n) is 7.35. The van der Waals surface area contributed by atoms with Gasteiger partial charge >= 0.3 is 0 Å². The predicted molar refractivity (Wildman–Crippen MR) is 83.6 cm³/mol. The lowest BCUT2D eigenvalue weighted by Crippen LogP contribution is -2.02. The maximum atomic E-state index is 12.2. The number of nitrogen functional groups attached to an aromatic ring is 1. The molecule has 0 unspecified atom stereocenters. The minimum absolute atomic E-state index is 0.149. The molecular weight excluding hydrogens is 262 g/mol. The molecule has 1 saturated carbocycles. The summed E-state index contributed by atoms with van der Waals surface area (Å²) in [5, 5.41) is 0. The van der Waals surface area contributed by atoms with Gasteiger partial charge in [0.2, 0.25) is 0 Å². The van der Waals surface area contributed by atoms with Crippen LogP contribution in [0.1, 0.15) is 35.2 Å². The second-order valence-electron chi connectivity index (χ2n) is 5.51. The van der Waals surface area contributed by atoms with Crippen molar-refractivity contribution in [2.45, 2.75) is 31.8 Å². The molecule has 3 heteroatoms. The third-order valence-electron chi connectivity index (χ3n) is 3.60. The highest BCUT2D eigenvalue weighted by atomic mass is 16.5. The van der Waals surface area contributed by atoms with Crippen molar-refractivity contribution in [1.29, 1.82) is 0 Å². The average molecular weight is 281 g/mol. The zero-order valence-corrected chi connectivity index (χ0v) is 11.9. The molecule has 0 radical (unpaired) electrons. The van der Waals surface area contributed by atoms with Crippen molar-refractivity contribution < 1.29 is 9.53 Å². The van der Waals surface area contributed by atoms with Gasteiger partial charge in [0.25, 0.3) is 0 Å². The number of ether oxygens (including phenoxy) is 1. The van der Waals surface area contributed by atoms with Gasteiger partial charge in [0.15, 0.2) is 5.78 Å². The Balaban J connectivity index is 1.57. The highest BCUT2D eigenvalue weighted by molar-refractivity contribution is 5.96. The monoisotopic (exact) mass is 281 g/mol. The smallest absolute Gasteiger partial charge is 0.163 e. The fraction of sp³-hybridized carbons (Fsp3) is 0.278. The molecule has 3 rings (SSSR count). The Morgan fingerprint density at radius 1 is 1.14 bits per heavy atom. The topological polar surface area (TPSA) is 52.3 Å². The van der Waals surface area contributed by atoms with Gasteiger partial charge in [-0.25, -0.2) is 0 Å². The van der Waals surface area contributed by atoms with E-state index in [1.165, 1.54) is 0 Å². The van der Waals surface area contributed by atoms with E-state index >= 15 is 0 Å². The molecule has 3 nitrogen and oxygen atoms in total. The Morgan fingerprint density at radius 2 is 1.90 bits per heavy atom. The third-order valence-corrected chi connectivity index (χ3v) is 3.60. The van der Waals surface area contributed by atoms with E-state index in [0.717, 1.165) is 35.4 Å². The van der Waals surface area contributed by atoms with E-state index in [-0.39, 0.29) is 5.78 Å². The van der Waals surface area contributed by atoms with Crippen LogP contribution in [0.4, 0.5) is 5.69 Å². The summed E-state index contributed by atoms with van der Waals surface area (Å²) in [4.78, 5) is 12.2. The largest absolute Gasteiger partial charge is 0.490 e. The average Bonchev–Trinajstić information content (AvgIpc) is 3.30. The summed E-state index contributed by atoms with van der Waals surface area (Å²) >= 11 is 0. The van der Waals surface area contributed by atoms with E-state index < -0.39 is 0 Å². The highest BCUT2D eigenvalue weighted by Gasteiger charge is 2.23. The predicted octanol–water partition coefficient (Wildman–Crippen LogP) is 3.63. The molecule has 21 heavy (non-hydrogen) atoms. The Hall–Kier alpha value is -2.29. The highest BCUT2D eigenvalue weighted by Crippen LogP contribution is 2.26. The van der Waals surface area contributed by atoms with Gasteiger partial charge in [-0.15, -0.1) is 0 Å². The second-order valence-corrected chi connectivity index (χ2v) is 5.51. The molecule has 1 fully saturated rings. The van der Waals surface area contributed by atoms with Crippen molar-refractivity contribution in [2.24, 2.45) is 0 Å². The van der Waals surface area contributed by atoms with E-state index in [1.807, 2.05) is 48.5 Å². The fourth-order valence-electron chi connectivity index (χ4n) is 2.25. The Morgan fingerprint density at radius 3 is 2.57 bits per heavy atom.